The highest BCUT2D eigenvalue weighted by Crippen LogP contribution is 2.22. The molecular formula is C20H29NO3. The van der Waals surface area contributed by atoms with Crippen molar-refractivity contribution in [1.29, 1.82) is 0 Å². The van der Waals surface area contributed by atoms with E-state index in [0.29, 0.717) is 31.2 Å². The molecule has 24 heavy (non-hydrogen) atoms. The Morgan fingerprint density at radius 3 is 2.50 bits per heavy atom. The van der Waals surface area contributed by atoms with Crippen LogP contribution >= 0.6 is 0 Å². The summed E-state index contributed by atoms with van der Waals surface area (Å²) in [6.45, 7) is 5.91. The van der Waals surface area contributed by atoms with Crippen LogP contribution in [0, 0.1) is 11.8 Å². The Morgan fingerprint density at radius 2 is 1.88 bits per heavy atom. The van der Waals surface area contributed by atoms with Crippen LogP contribution in [0.1, 0.15) is 50.7 Å². The van der Waals surface area contributed by atoms with Crippen LogP contribution in [0.5, 0.6) is 0 Å². The number of aliphatic carboxylic acids is 1. The van der Waals surface area contributed by atoms with E-state index in [1.54, 1.807) is 0 Å². The topological polar surface area (TPSA) is 57.6 Å². The van der Waals surface area contributed by atoms with Crippen LogP contribution in [0.4, 0.5) is 0 Å². The van der Waals surface area contributed by atoms with Gasteiger partial charge in [0.25, 0.3) is 0 Å². The van der Waals surface area contributed by atoms with E-state index in [4.69, 9.17) is 5.11 Å². The molecule has 1 saturated heterocycles. The predicted octanol–water partition coefficient (Wildman–Crippen LogP) is 3.53. The maximum Gasteiger partial charge on any atom is 0.303 e. The van der Waals surface area contributed by atoms with Gasteiger partial charge in [-0.1, -0.05) is 38.1 Å². The van der Waals surface area contributed by atoms with Gasteiger partial charge in [0.15, 0.2) is 0 Å². The van der Waals surface area contributed by atoms with Gasteiger partial charge in [0.1, 0.15) is 0 Å². The van der Waals surface area contributed by atoms with Crippen molar-refractivity contribution in [3.8, 4) is 0 Å². The van der Waals surface area contributed by atoms with Gasteiger partial charge < -0.3 is 10.0 Å². The highest BCUT2D eigenvalue weighted by molar-refractivity contribution is 5.78. The first-order chi connectivity index (χ1) is 11.4. The maximum atomic E-state index is 12.5. The SMILES string of the molecule is CC(C)Cc1ccc(CC(=O)N2CCCC(CCC(=O)O)C2)cc1. The van der Waals surface area contributed by atoms with Crippen molar-refractivity contribution in [3.63, 3.8) is 0 Å². The van der Waals surface area contributed by atoms with E-state index < -0.39 is 5.97 Å². The molecule has 0 saturated carbocycles. The molecule has 0 bridgehead atoms. The van der Waals surface area contributed by atoms with Gasteiger partial charge in [0.05, 0.1) is 6.42 Å². The zero-order valence-electron chi connectivity index (χ0n) is 14.8. The third-order valence-electron chi connectivity index (χ3n) is 4.66. The summed E-state index contributed by atoms with van der Waals surface area (Å²) in [5.74, 6) is 0.368. The van der Waals surface area contributed by atoms with Gasteiger partial charge in [-0.3, -0.25) is 9.59 Å². The molecule has 4 heteroatoms. The summed E-state index contributed by atoms with van der Waals surface area (Å²) in [5, 5.41) is 8.81. The number of benzene rings is 1. The van der Waals surface area contributed by atoms with Gasteiger partial charge in [-0.15, -0.1) is 0 Å². The molecule has 1 aromatic carbocycles. The Bertz CT molecular complexity index is 551. The Labute approximate surface area is 144 Å². The number of likely N-dealkylation sites (tertiary alicyclic amines) is 1. The summed E-state index contributed by atoms with van der Waals surface area (Å²) >= 11 is 0. The summed E-state index contributed by atoms with van der Waals surface area (Å²) in [6.07, 6.45) is 4.37. The number of carboxylic acid groups (broad SMARTS) is 1. The van der Waals surface area contributed by atoms with E-state index in [1.165, 1.54) is 5.56 Å². The second-order valence-corrected chi connectivity index (χ2v) is 7.37. The molecule has 1 aromatic rings. The molecule has 132 valence electrons. The first-order valence-corrected chi connectivity index (χ1v) is 9.01. The van der Waals surface area contributed by atoms with Crippen molar-refractivity contribution in [1.82, 2.24) is 4.90 Å². The summed E-state index contributed by atoms with van der Waals surface area (Å²) in [4.78, 5) is 25.2. The van der Waals surface area contributed by atoms with Gasteiger partial charge in [-0.05, 0) is 48.6 Å². The van der Waals surface area contributed by atoms with E-state index >= 15 is 0 Å². The third-order valence-corrected chi connectivity index (χ3v) is 4.66. The fourth-order valence-electron chi connectivity index (χ4n) is 3.41. The summed E-state index contributed by atoms with van der Waals surface area (Å²) in [7, 11) is 0. The molecular weight excluding hydrogens is 302 g/mol. The number of carbonyl (C=O) groups excluding carboxylic acids is 1. The molecule has 1 aliphatic rings. The molecule has 0 aliphatic carbocycles. The van der Waals surface area contributed by atoms with Crippen molar-refractivity contribution in [2.45, 2.75) is 52.4 Å². The summed E-state index contributed by atoms with van der Waals surface area (Å²) in [6, 6.07) is 8.35. The van der Waals surface area contributed by atoms with Crippen LogP contribution in [0.25, 0.3) is 0 Å². The van der Waals surface area contributed by atoms with Gasteiger partial charge in [0, 0.05) is 19.5 Å². The lowest BCUT2D eigenvalue weighted by Gasteiger charge is -2.32. The van der Waals surface area contributed by atoms with Crippen LogP contribution in [-0.2, 0) is 22.4 Å². The van der Waals surface area contributed by atoms with E-state index in [2.05, 4.69) is 38.1 Å². The van der Waals surface area contributed by atoms with Gasteiger partial charge in [-0.2, -0.15) is 0 Å². The molecule has 1 N–H and O–H groups in total. The van der Waals surface area contributed by atoms with Crippen LogP contribution in [0.2, 0.25) is 0 Å². The van der Waals surface area contributed by atoms with Crippen molar-refractivity contribution in [3.05, 3.63) is 35.4 Å². The van der Waals surface area contributed by atoms with Crippen LogP contribution in [0.15, 0.2) is 24.3 Å². The summed E-state index contributed by atoms with van der Waals surface area (Å²) in [5.41, 5.74) is 2.37. The van der Waals surface area contributed by atoms with Crippen LogP contribution < -0.4 is 0 Å². The smallest absolute Gasteiger partial charge is 0.303 e. The van der Waals surface area contributed by atoms with Gasteiger partial charge in [0.2, 0.25) is 5.91 Å². The Kier molecular flexibility index (Phi) is 6.83. The molecule has 1 aliphatic heterocycles. The summed E-state index contributed by atoms with van der Waals surface area (Å²) < 4.78 is 0. The quantitative estimate of drug-likeness (QED) is 0.831. The fourth-order valence-corrected chi connectivity index (χ4v) is 3.41. The molecule has 4 nitrogen and oxygen atoms in total. The number of carboxylic acids is 1. The van der Waals surface area contributed by atoms with Crippen molar-refractivity contribution in [2.75, 3.05) is 13.1 Å². The Morgan fingerprint density at radius 1 is 1.21 bits per heavy atom. The molecule has 1 heterocycles. The Balaban J connectivity index is 1.85. The maximum absolute atomic E-state index is 12.5. The van der Waals surface area contributed by atoms with E-state index in [1.807, 2.05) is 4.90 Å². The standard InChI is InChI=1S/C20H29NO3/c1-15(2)12-16-5-7-17(8-6-16)13-19(22)21-11-3-4-18(14-21)9-10-20(23)24/h5-8,15,18H,3-4,9-14H2,1-2H3,(H,23,24). The first kappa shape index (κ1) is 18.5. The fraction of sp³-hybridized carbons (Fsp3) is 0.600. The number of piperidine rings is 1. The average molecular weight is 331 g/mol. The molecule has 1 amide bonds. The number of carbonyl (C=O) groups is 2. The minimum Gasteiger partial charge on any atom is -0.481 e. The largest absolute Gasteiger partial charge is 0.481 e. The molecule has 0 spiro atoms. The highest BCUT2D eigenvalue weighted by Gasteiger charge is 2.24. The van der Waals surface area contributed by atoms with Crippen molar-refractivity contribution in [2.24, 2.45) is 11.8 Å². The number of nitrogens with zero attached hydrogens (tertiary/aromatic N) is 1. The monoisotopic (exact) mass is 331 g/mol. The average Bonchev–Trinajstić information content (AvgIpc) is 2.54. The van der Waals surface area contributed by atoms with Crippen LogP contribution in [0.3, 0.4) is 0 Å². The van der Waals surface area contributed by atoms with Gasteiger partial charge in [-0.25, -0.2) is 0 Å². The number of amides is 1. The lowest BCUT2D eigenvalue weighted by molar-refractivity contribution is -0.137. The van der Waals surface area contributed by atoms with Crippen molar-refractivity contribution >= 4 is 11.9 Å². The molecule has 1 unspecified atom stereocenters. The number of hydrogen-bond donors (Lipinski definition) is 1. The third kappa shape index (κ3) is 5.99. The second kappa shape index (κ2) is 8.86. The zero-order valence-corrected chi connectivity index (χ0v) is 14.8. The lowest BCUT2D eigenvalue weighted by atomic mass is 9.93. The Hall–Kier alpha value is -1.84. The van der Waals surface area contributed by atoms with Crippen LogP contribution in [-0.4, -0.2) is 35.0 Å². The van der Waals surface area contributed by atoms with E-state index in [9.17, 15) is 9.59 Å². The number of hydrogen-bond acceptors (Lipinski definition) is 2. The lowest BCUT2D eigenvalue weighted by Crippen LogP contribution is -2.40. The minimum absolute atomic E-state index is 0.159. The number of rotatable bonds is 7. The molecule has 1 atom stereocenters. The molecule has 0 aromatic heterocycles. The zero-order chi connectivity index (χ0) is 17.5. The molecule has 1 fully saturated rings. The second-order valence-electron chi connectivity index (χ2n) is 7.37. The minimum atomic E-state index is -0.750. The first-order valence-electron chi connectivity index (χ1n) is 9.01. The van der Waals surface area contributed by atoms with Gasteiger partial charge >= 0.3 is 5.97 Å². The predicted molar refractivity (Wildman–Crippen MR) is 94.9 cm³/mol. The normalized spacial score (nSPS) is 18.0. The van der Waals surface area contributed by atoms with E-state index in [-0.39, 0.29) is 12.3 Å². The molecule has 2 rings (SSSR count). The van der Waals surface area contributed by atoms with E-state index in [0.717, 1.165) is 31.4 Å². The highest BCUT2D eigenvalue weighted by atomic mass is 16.4. The molecule has 0 radical (unpaired) electrons. The van der Waals surface area contributed by atoms with Crippen molar-refractivity contribution < 1.29 is 14.7 Å².